The summed E-state index contributed by atoms with van der Waals surface area (Å²) in [5, 5.41) is 10.5. The summed E-state index contributed by atoms with van der Waals surface area (Å²) in [6.07, 6.45) is 0.504. The number of rotatable bonds is 5. The number of aromatic amines is 1. The van der Waals surface area contributed by atoms with Crippen molar-refractivity contribution in [2.75, 3.05) is 19.3 Å². The molecule has 3 N–H and O–H groups in total. The van der Waals surface area contributed by atoms with Gasteiger partial charge in [-0.1, -0.05) is 35.5 Å². The summed E-state index contributed by atoms with van der Waals surface area (Å²) >= 11 is 0. The quantitative estimate of drug-likeness (QED) is 0.737. The van der Waals surface area contributed by atoms with Crippen molar-refractivity contribution in [3.8, 4) is 11.1 Å². The minimum absolute atomic E-state index is 0.196. The van der Waals surface area contributed by atoms with Crippen LogP contribution < -0.4 is 5.73 Å². The number of carbonyl (C=O) groups excluding carboxylic acids is 1. The zero-order chi connectivity index (χ0) is 17.1. The number of nitrogen functional groups attached to an aromatic ring is 1. The van der Waals surface area contributed by atoms with Crippen LogP contribution >= 0.6 is 0 Å². The summed E-state index contributed by atoms with van der Waals surface area (Å²) in [6.45, 7) is 2.18. The highest BCUT2D eigenvalue weighted by Crippen LogP contribution is 2.28. The van der Waals surface area contributed by atoms with E-state index in [4.69, 9.17) is 10.3 Å². The number of anilines is 1. The topological polar surface area (TPSA) is 114 Å². The number of H-pyrrole nitrogens is 1. The van der Waals surface area contributed by atoms with Crippen LogP contribution in [0.5, 0.6) is 0 Å². The van der Waals surface area contributed by atoms with Crippen molar-refractivity contribution in [2.24, 2.45) is 0 Å². The molecule has 24 heavy (non-hydrogen) atoms. The molecule has 0 aliphatic carbocycles. The lowest BCUT2D eigenvalue weighted by atomic mass is 10.0. The molecule has 3 aromatic rings. The van der Waals surface area contributed by atoms with Crippen LogP contribution in [-0.2, 0) is 6.42 Å². The third kappa shape index (κ3) is 3.12. The van der Waals surface area contributed by atoms with Crippen LogP contribution in [-0.4, -0.2) is 44.7 Å². The minimum atomic E-state index is -0.196. The van der Waals surface area contributed by atoms with Crippen molar-refractivity contribution in [3.63, 3.8) is 0 Å². The molecule has 0 bridgehead atoms. The van der Waals surface area contributed by atoms with Crippen LogP contribution in [0.25, 0.3) is 11.1 Å². The molecule has 0 spiro atoms. The van der Waals surface area contributed by atoms with E-state index in [1.54, 1.807) is 18.9 Å². The summed E-state index contributed by atoms with van der Waals surface area (Å²) in [5.41, 5.74) is 7.76. The highest BCUT2D eigenvalue weighted by molar-refractivity contribution is 6.01. The number of nitrogens with two attached hydrogens (primary N) is 1. The van der Waals surface area contributed by atoms with E-state index in [0.717, 1.165) is 5.56 Å². The minimum Gasteiger partial charge on any atom is -0.382 e. The summed E-state index contributed by atoms with van der Waals surface area (Å²) < 4.78 is 4.92. The molecular weight excluding hydrogens is 308 g/mol. The Bertz CT molecular complexity index is 839. The van der Waals surface area contributed by atoms with Gasteiger partial charge in [-0.3, -0.25) is 9.89 Å². The number of nitrogens with one attached hydrogen (secondary N) is 1. The smallest absolute Gasteiger partial charge is 0.272 e. The first-order valence-electron chi connectivity index (χ1n) is 7.50. The van der Waals surface area contributed by atoms with Crippen molar-refractivity contribution in [1.29, 1.82) is 0 Å². The third-order valence-corrected chi connectivity index (χ3v) is 3.66. The summed E-state index contributed by atoms with van der Waals surface area (Å²) in [4.78, 5) is 18.4. The Balaban J connectivity index is 1.77. The highest BCUT2D eigenvalue weighted by atomic mass is 16.5. The lowest BCUT2D eigenvalue weighted by molar-refractivity contribution is 0.0790. The van der Waals surface area contributed by atoms with Gasteiger partial charge in [0.2, 0.25) is 5.89 Å². The van der Waals surface area contributed by atoms with Crippen LogP contribution in [0, 0.1) is 6.92 Å². The van der Waals surface area contributed by atoms with Crippen LogP contribution in [0.2, 0.25) is 0 Å². The second-order valence-electron chi connectivity index (χ2n) is 5.43. The molecule has 0 atom stereocenters. The maximum absolute atomic E-state index is 12.7. The number of likely N-dealkylation sites (N-methyl/N-ethyl adjacent to an activating group) is 1. The van der Waals surface area contributed by atoms with E-state index < -0.39 is 0 Å². The van der Waals surface area contributed by atoms with Gasteiger partial charge in [0, 0.05) is 26.9 Å². The highest BCUT2D eigenvalue weighted by Gasteiger charge is 2.22. The predicted octanol–water partition coefficient (Wildman–Crippen LogP) is 1.67. The summed E-state index contributed by atoms with van der Waals surface area (Å²) in [5.74, 6) is 1.18. The van der Waals surface area contributed by atoms with Crippen LogP contribution in [0.3, 0.4) is 0 Å². The van der Waals surface area contributed by atoms with Crippen molar-refractivity contribution in [3.05, 3.63) is 47.7 Å². The molecule has 2 aromatic heterocycles. The van der Waals surface area contributed by atoms with Gasteiger partial charge in [0.25, 0.3) is 5.91 Å². The fourth-order valence-electron chi connectivity index (χ4n) is 2.41. The number of carbonyl (C=O) groups is 1. The molecule has 8 nitrogen and oxygen atoms in total. The number of benzene rings is 1. The average Bonchev–Trinajstić information content (AvgIpc) is 3.18. The van der Waals surface area contributed by atoms with Crippen molar-refractivity contribution in [2.45, 2.75) is 13.3 Å². The summed E-state index contributed by atoms with van der Waals surface area (Å²) in [7, 11) is 1.71. The number of aromatic nitrogens is 4. The Morgan fingerprint density at radius 3 is 2.75 bits per heavy atom. The Morgan fingerprint density at radius 2 is 2.08 bits per heavy atom. The van der Waals surface area contributed by atoms with E-state index in [-0.39, 0.29) is 5.91 Å². The van der Waals surface area contributed by atoms with Gasteiger partial charge in [0.15, 0.2) is 11.6 Å². The number of nitrogens with zero attached hydrogens (tertiary/aromatic N) is 4. The average molecular weight is 326 g/mol. The molecular formula is C16H18N6O2. The van der Waals surface area contributed by atoms with Crippen LogP contribution in [0.4, 0.5) is 5.82 Å². The Labute approximate surface area is 138 Å². The SMILES string of the molecule is Cc1nc(CCN(C)C(=O)c2[nH]nc(N)c2-c2ccccc2)no1. The fraction of sp³-hybridized carbons (Fsp3) is 0.250. The molecule has 3 rings (SSSR count). The molecule has 124 valence electrons. The van der Waals surface area contributed by atoms with E-state index in [1.807, 2.05) is 30.3 Å². The predicted molar refractivity (Wildman–Crippen MR) is 88.1 cm³/mol. The molecule has 1 aromatic carbocycles. The van der Waals surface area contributed by atoms with Gasteiger partial charge >= 0.3 is 0 Å². The van der Waals surface area contributed by atoms with Gasteiger partial charge in [0.1, 0.15) is 5.69 Å². The van der Waals surface area contributed by atoms with E-state index >= 15 is 0 Å². The number of amides is 1. The molecule has 8 heteroatoms. The molecule has 0 aliphatic rings. The molecule has 0 saturated carbocycles. The van der Waals surface area contributed by atoms with E-state index in [0.29, 0.717) is 41.8 Å². The van der Waals surface area contributed by atoms with E-state index in [2.05, 4.69) is 20.3 Å². The lowest BCUT2D eigenvalue weighted by Gasteiger charge is -2.16. The molecule has 0 fully saturated rings. The molecule has 0 radical (unpaired) electrons. The first kappa shape index (κ1) is 15.7. The van der Waals surface area contributed by atoms with Crippen LogP contribution in [0.15, 0.2) is 34.9 Å². The molecule has 1 amide bonds. The standard InChI is InChI=1S/C16H18N6O2/c1-10-18-12(21-24-10)8-9-22(2)16(23)14-13(15(17)20-19-14)11-6-4-3-5-7-11/h3-7H,8-9H2,1-2H3,(H3,17,19,20). The second kappa shape index (κ2) is 6.53. The maximum Gasteiger partial charge on any atom is 0.272 e. The largest absolute Gasteiger partial charge is 0.382 e. The zero-order valence-corrected chi connectivity index (χ0v) is 13.5. The normalized spacial score (nSPS) is 10.8. The van der Waals surface area contributed by atoms with Gasteiger partial charge in [-0.2, -0.15) is 10.1 Å². The molecule has 0 saturated heterocycles. The van der Waals surface area contributed by atoms with Gasteiger partial charge < -0.3 is 15.2 Å². The van der Waals surface area contributed by atoms with Crippen molar-refractivity contribution in [1.82, 2.24) is 25.2 Å². The summed E-state index contributed by atoms with van der Waals surface area (Å²) in [6, 6.07) is 9.46. The van der Waals surface area contributed by atoms with E-state index in [1.165, 1.54) is 0 Å². The Hall–Kier alpha value is -3.16. The Kier molecular flexibility index (Phi) is 4.28. The molecule has 0 aliphatic heterocycles. The molecule has 2 heterocycles. The van der Waals surface area contributed by atoms with Gasteiger partial charge in [0.05, 0.1) is 5.56 Å². The maximum atomic E-state index is 12.7. The van der Waals surface area contributed by atoms with Gasteiger partial charge in [-0.05, 0) is 5.56 Å². The first-order chi connectivity index (χ1) is 11.6. The van der Waals surface area contributed by atoms with Crippen molar-refractivity contribution >= 4 is 11.7 Å². The van der Waals surface area contributed by atoms with E-state index in [9.17, 15) is 4.79 Å². The molecule has 0 unspecified atom stereocenters. The number of hydrogen-bond acceptors (Lipinski definition) is 6. The number of aryl methyl sites for hydroxylation is 1. The Morgan fingerprint density at radius 1 is 1.33 bits per heavy atom. The zero-order valence-electron chi connectivity index (χ0n) is 13.5. The number of hydrogen-bond donors (Lipinski definition) is 2. The lowest BCUT2D eigenvalue weighted by Crippen LogP contribution is -2.29. The van der Waals surface area contributed by atoms with Crippen LogP contribution in [0.1, 0.15) is 22.2 Å². The third-order valence-electron chi connectivity index (χ3n) is 3.66. The fourth-order valence-corrected chi connectivity index (χ4v) is 2.41. The van der Waals surface area contributed by atoms with Crippen molar-refractivity contribution < 1.29 is 9.32 Å². The van der Waals surface area contributed by atoms with Gasteiger partial charge in [-0.25, -0.2) is 0 Å². The second-order valence-corrected chi connectivity index (χ2v) is 5.43. The van der Waals surface area contributed by atoms with Gasteiger partial charge in [-0.15, -0.1) is 0 Å². The monoisotopic (exact) mass is 326 g/mol. The first-order valence-corrected chi connectivity index (χ1v) is 7.50.